The van der Waals surface area contributed by atoms with E-state index in [-0.39, 0.29) is 11.8 Å². The number of halogens is 1. The highest BCUT2D eigenvalue weighted by Crippen LogP contribution is 2.32. The lowest BCUT2D eigenvalue weighted by atomic mass is 10.1. The van der Waals surface area contributed by atoms with Gasteiger partial charge in [-0.15, -0.1) is 11.3 Å². The van der Waals surface area contributed by atoms with Gasteiger partial charge < -0.3 is 0 Å². The summed E-state index contributed by atoms with van der Waals surface area (Å²) in [4.78, 5) is 31.4. The molecule has 1 aliphatic heterocycles. The molecule has 2 heterocycles. The van der Waals surface area contributed by atoms with Gasteiger partial charge in [-0.2, -0.15) is 0 Å². The van der Waals surface area contributed by atoms with Gasteiger partial charge in [-0.1, -0.05) is 40.2 Å². The number of hydrogen-bond donors (Lipinski definition) is 0. The number of benzene rings is 2. The van der Waals surface area contributed by atoms with E-state index in [2.05, 4.69) is 20.9 Å². The van der Waals surface area contributed by atoms with Crippen LogP contribution in [0.1, 0.15) is 31.2 Å². The quantitative estimate of drug-likeness (QED) is 0.618. The number of nitrogens with zero attached hydrogens (tertiary/aromatic N) is 2. The first-order valence-corrected chi connectivity index (χ1v) is 8.91. The van der Waals surface area contributed by atoms with Crippen molar-refractivity contribution in [2.24, 2.45) is 0 Å². The van der Waals surface area contributed by atoms with Gasteiger partial charge in [0.25, 0.3) is 11.8 Å². The van der Waals surface area contributed by atoms with Gasteiger partial charge in [0.1, 0.15) is 0 Å². The summed E-state index contributed by atoms with van der Waals surface area (Å²) in [5.74, 6) is -0.611. The van der Waals surface area contributed by atoms with Gasteiger partial charge in [0.15, 0.2) is 5.13 Å². The van der Waals surface area contributed by atoms with Crippen molar-refractivity contribution in [3.8, 4) is 0 Å². The normalized spacial score (nSPS) is 13.5. The summed E-state index contributed by atoms with van der Waals surface area (Å²) in [5, 5.41) is 0.424. The average Bonchev–Trinajstić information content (AvgIpc) is 3.14. The molecule has 0 fully saturated rings. The van der Waals surface area contributed by atoms with E-state index in [1.54, 1.807) is 30.5 Å². The molecule has 4 nitrogen and oxygen atoms in total. The van der Waals surface area contributed by atoms with Crippen LogP contribution in [-0.4, -0.2) is 16.8 Å². The Labute approximate surface area is 150 Å². The molecule has 0 unspecified atom stereocenters. The van der Waals surface area contributed by atoms with E-state index in [0.29, 0.717) is 22.7 Å². The van der Waals surface area contributed by atoms with Crippen LogP contribution in [0.3, 0.4) is 0 Å². The average molecular weight is 399 g/mol. The van der Waals surface area contributed by atoms with Gasteiger partial charge >= 0.3 is 0 Å². The van der Waals surface area contributed by atoms with Crippen LogP contribution in [0.5, 0.6) is 0 Å². The highest BCUT2D eigenvalue weighted by molar-refractivity contribution is 9.10. The summed E-state index contributed by atoms with van der Waals surface area (Å²) in [6.07, 6.45) is 2.44. The molecule has 0 saturated heterocycles. The topological polar surface area (TPSA) is 50.3 Å². The van der Waals surface area contributed by atoms with Crippen LogP contribution in [0.4, 0.5) is 5.13 Å². The van der Waals surface area contributed by atoms with Crippen LogP contribution in [0.25, 0.3) is 0 Å². The van der Waals surface area contributed by atoms with Crippen molar-refractivity contribution in [2.45, 2.75) is 6.42 Å². The first-order chi connectivity index (χ1) is 11.6. The molecule has 6 heteroatoms. The summed E-state index contributed by atoms with van der Waals surface area (Å²) in [6.45, 7) is 0. The zero-order chi connectivity index (χ0) is 16.7. The lowest BCUT2D eigenvalue weighted by Crippen LogP contribution is -2.29. The smallest absolute Gasteiger partial charge is 0.268 e. The van der Waals surface area contributed by atoms with E-state index in [0.717, 1.165) is 14.9 Å². The maximum Gasteiger partial charge on any atom is 0.268 e. The fourth-order valence-corrected chi connectivity index (χ4v) is 3.85. The van der Waals surface area contributed by atoms with E-state index >= 15 is 0 Å². The van der Waals surface area contributed by atoms with E-state index in [9.17, 15) is 9.59 Å². The van der Waals surface area contributed by atoms with Crippen LogP contribution in [0.15, 0.2) is 59.2 Å². The minimum atomic E-state index is -0.305. The van der Waals surface area contributed by atoms with Crippen molar-refractivity contribution in [3.05, 3.63) is 80.8 Å². The molecule has 0 atom stereocenters. The second-order valence-electron chi connectivity index (χ2n) is 5.40. The molecule has 0 N–H and O–H groups in total. The van der Waals surface area contributed by atoms with E-state index in [1.165, 1.54) is 16.2 Å². The molecular weight excluding hydrogens is 388 g/mol. The summed E-state index contributed by atoms with van der Waals surface area (Å²) in [7, 11) is 0. The van der Waals surface area contributed by atoms with Gasteiger partial charge in [0, 0.05) is 22.0 Å². The Morgan fingerprint density at radius 2 is 1.58 bits per heavy atom. The van der Waals surface area contributed by atoms with Gasteiger partial charge in [-0.3, -0.25) is 9.59 Å². The monoisotopic (exact) mass is 398 g/mol. The van der Waals surface area contributed by atoms with Crippen LogP contribution in [0.2, 0.25) is 0 Å². The number of hydrogen-bond acceptors (Lipinski definition) is 4. The Hall–Kier alpha value is -2.31. The highest BCUT2D eigenvalue weighted by Gasteiger charge is 2.37. The minimum absolute atomic E-state index is 0.305. The van der Waals surface area contributed by atoms with Gasteiger partial charge in [-0.25, -0.2) is 9.88 Å². The van der Waals surface area contributed by atoms with Crippen molar-refractivity contribution in [3.63, 3.8) is 0 Å². The van der Waals surface area contributed by atoms with Gasteiger partial charge in [0.2, 0.25) is 0 Å². The van der Waals surface area contributed by atoms with Crippen LogP contribution >= 0.6 is 27.3 Å². The number of imide groups is 1. The van der Waals surface area contributed by atoms with E-state index in [4.69, 9.17) is 0 Å². The Bertz CT molecular complexity index is 915. The first-order valence-electron chi connectivity index (χ1n) is 7.30. The number of carbonyl (C=O) groups is 2. The summed E-state index contributed by atoms with van der Waals surface area (Å²) >= 11 is 4.78. The fourth-order valence-electron chi connectivity index (χ4n) is 2.65. The van der Waals surface area contributed by atoms with Crippen LogP contribution in [-0.2, 0) is 6.42 Å². The predicted molar refractivity (Wildman–Crippen MR) is 96.6 cm³/mol. The molecule has 0 bridgehead atoms. The third-order valence-electron chi connectivity index (χ3n) is 3.82. The number of rotatable bonds is 3. The molecule has 0 radical (unpaired) electrons. The second-order valence-corrected chi connectivity index (χ2v) is 7.41. The SMILES string of the molecule is O=C1c2ccccc2C(=O)N1c1ncc(Cc2ccc(Br)cc2)s1. The second kappa shape index (κ2) is 5.96. The lowest BCUT2D eigenvalue weighted by Gasteiger charge is -2.08. The van der Waals surface area contributed by atoms with Gasteiger partial charge in [0.05, 0.1) is 11.1 Å². The highest BCUT2D eigenvalue weighted by atomic mass is 79.9. The van der Waals surface area contributed by atoms with Gasteiger partial charge in [-0.05, 0) is 29.8 Å². The summed E-state index contributed by atoms with van der Waals surface area (Å²) in [6, 6.07) is 14.9. The fraction of sp³-hybridized carbons (Fsp3) is 0.0556. The van der Waals surface area contributed by atoms with Crippen LogP contribution < -0.4 is 4.90 Å². The van der Waals surface area contributed by atoms with Crippen molar-refractivity contribution >= 4 is 44.2 Å². The molecule has 24 heavy (non-hydrogen) atoms. The number of aromatic nitrogens is 1. The number of carbonyl (C=O) groups excluding carboxylic acids is 2. The predicted octanol–water partition coefficient (Wildman–Crippen LogP) is 4.30. The first kappa shape index (κ1) is 15.2. The molecule has 118 valence electrons. The Morgan fingerprint density at radius 1 is 0.958 bits per heavy atom. The lowest BCUT2D eigenvalue weighted by molar-refractivity contribution is 0.0926. The maximum absolute atomic E-state index is 12.5. The minimum Gasteiger partial charge on any atom is -0.268 e. The van der Waals surface area contributed by atoms with Crippen molar-refractivity contribution < 1.29 is 9.59 Å². The molecule has 4 rings (SSSR count). The van der Waals surface area contributed by atoms with Crippen LogP contribution in [0, 0.1) is 0 Å². The molecule has 0 aliphatic carbocycles. The van der Waals surface area contributed by atoms with E-state index < -0.39 is 0 Å². The molecule has 1 aliphatic rings. The standard InChI is InChI=1S/C18H11BrN2O2S/c19-12-7-5-11(6-8-12)9-13-10-20-18(24-13)21-16(22)14-3-1-2-4-15(14)17(21)23/h1-8,10H,9H2. The molecule has 3 aromatic rings. The molecule has 2 aromatic carbocycles. The largest absolute Gasteiger partial charge is 0.268 e. The summed E-state index contributed by atoms with van der Waals surface area (Å²) in [5.41, 5.74) is 2.02. The van der Waals surface area contributed by atoms with Crippen molar-refractivity contribution in [1.82, 2.24) is 4.98 Å². The van der Waals surface area contributed by atoms with Crippen molar-refractivity contribution in [2.75, 3.05) is 4.90 Å². The Morgan fingerprint density at radius 3 is 2.21 bits per heavy atom. The number of thiazole rings is 1. The molecule has 2 amide bonds. The number of fused-ring (bicyclic) bond motifs is 1. The molecule has 0 spiro atoms. The third-order valence-corrected chi connectivity index (χ3v) is 5.33. The summed E-state index contributed by atoms with van der Waals surface area (Å²) < 4.78 is 1.03. The Kier molecular flexibility index (Phi) is 3.78. The van der Waals surface area contributed by atoms with E-state index in [1.807, 2.05) is 24.3 Å². The Balaban J connectivity index is 1.61. The molecule has 0 saturated carbocycles. The zero-order valence-corrected chi connectivity index (χ0v) is 14.8. The third kappa shape index (κ3) is 2.57. The van der Waals surface area contributed by atoms with Crippen molar-refractivity contribution in [1.29, 1.82) is 0 Å². The maximum atomic E-state index is 12.5. The number of anilines is 1. The zero-order valence-electron chi connectivity index (χ0n) is 12.4. The number of amides is 2. The molecular formula is C18H11BrN2O2S. The molecule has 1 aromatic heterocycles.